The molecule has 2 aliphatic heterocycles. The zero-order valence-corrected chi connectivity index (χ0v) is 15.7. The second-order valence-electron chi connectivity index (χ2n) is 7.09. The molecule has 0 unspecified atom stereocenters. The summed E-state index contributed by atoms with van der Waals surface area (Å²) in [6.45, 7) is 5.89. The molecular formula is C20H28N3O4+. The average molecular weight is 374 g/mol. The van der Waals surface area contributed by atoms with Gasteiger partial charge in [-0.15, -0.1) is 0 Å². The molecule has 0 spiro atoms. The minimum Gasteiger partial charge on any atom is -0.378 e. The number of ketones is 1. The van der Waals surface area contributed by atoms with Gasteiger partial charge in [-0.25, -0.2) is 0 Å². The molecule has 1 aromatic rings. The van der Waals surface area contributed by atoms with Crippen molar-refractivity contribution in [1.82, 2.24) is 9.80 Å². The van der Waals surface area contributed by atoms with Gasteiger partial charge in [0.25, 0.3) is 5.91 Å². The summed E-state index contributed by atoms with van der Waals surface area (Å²) in [6, 6.07) is 9.08. The van der Waals surface area contributed by atoms with E-state index < -0.39 is 0 Å². The lowest BCUT2D eigenvalue weighted by Gasteiger charge is -2.33. The Balaban J connectivity index is 1.37. The SMILES string of the molecule is O=C(CCC(=O)N1CC[NH+](CC(=O)N2CCOCC2)CC1)c1ccccc1. The number of carbonyl (C=O) groups is 3. The fraction of sp³-hybridized carbons (Fsp3) is 0.550. The number of nitrogens with zero attached hydrogens (tertiary/aromatic N) is 2. The number of quaternary nitrogens is 1. The molecule has 0 atom stereocenters. The van der Waals surface area contributed by atoms with E-state index in [0.29, 0.717) is 51.5 Å². The van der Waals surface area contributed by atoms with Crippen LogP contribution < -0.4 is 4.90 Å². The molecule has 7 nitrogen and oxygen atoms in total. The molecule has 0 aromatic heterocycles. The third kappa shape index (κ3) is 5.61. The maximum Gasteiger partial charge on any atom is 0.277 e. The first-order valence-electron chi connectivity index (χ1n) is 9.68. The van der Waals surface area contributed by atoms with Crippen LogP contribution in [0.15, 0.2) is 30.3 Å². The van der Waals surface area contributed by atoms with Crippen molar-refractivity contribution < 1.29 is 24.0 Å². The average Bonchev–Trinajstić information content (AvgIpc) is 2.73. The van der Waals surface area contributed by atoms with Crippen LogP contribution >= 0.6 is 0 Å². The van der Waals surface area contributed by atoms with Gasteiger partial charge in [-0.3, -0.25) is 14.4 Å². The molecule has 1 N–H and O–H groups in total. The molecule has 2 heterocycles. The molecule has 146 valence electrons. The molecule has 2 saturated heterocycles. The van der Waals surface area contributed by atoms with Gasteiger partial charge >= 0.3 is 0 Å². The summed E-state index contributed by atoms with van der Waals surface area (Å²) in [5.41, 5.74) is 0.654. The van der Waals surface area contributed by atoms with Gasteiger partial charge in [-0.1, -0.05) is 30.3 Å². The van der Waals surface area contributed by atoms with E-state index >= 15 is 0 Å². The number of amides is 2. The standard InChI is InChI=1S/C20H27N3O4/c24-18(17-4-2-1-3-5-17)6-7-19(25)22-10-8-21(9-11-22)16-20(26)23-12-14-27-15-13-23/h1-5H,6-16H2/p+1. The largest absolute Gasteiger partial charge is 0.378 e. The minimum atomic E-state index is 0.00400. The van der Waals surface area contributed by atoms with Crippen molar-refractivity contribution in [2.45, 2.75) is 12.8 Å². The second-order valence-corrected chi connectivity index (χ2v) is 7.09. The number of morpholine rings is 1. The highest BCUT2D eigenvalue weighted by Crippen LogP contribution is 2.07. The number of rotatable bonds is 6. The molecule has 2 aliphatic rings. The van der Waals surface area contributed by atoms with E-state index in [9.17, 15) is 14.4 Å². The van der Waals surface area contributed by atoms with Crippen molar-refractivity contribution >= 4 is 17.6 Å². The van der Waals surface area contributed by atoms with Crippen molar-refractivity contribution in [3.63, 3.8) is 0 Å². The first-order chi connectivity index (χ1) is 13.1. The van der Waals surface area contributed by atoms with Gasteiger partial charge < -0.3 is 19.4 Å². The summed E-state index contributed by atoms with van der Waals surface area (Å²) in [5.74, 6) is 0.198. The van der Waals surface area contributed by atoms with Gasteiger partial charge in [0.15, 0.2) is 12.3 Å². The molecule has 1 aromatic carbocycles. The number of benzene rings is 1. The molecule has 27 heavy (non-hydrogen) atoms. The fourth-order valence-electron chi connectivity index (χ4n) is 3.53. The minimum absolute atomic E-state index is 0.00400. The maximum atomic E-state index is 12.4. The van der Waals surface area contributed by atoms with Crippen LogP contribution in [-0.2, 0) is 14.3 Å². The van der Waals surface area contributed by atoms with Crippen molar-refractivity contribution in [3.8, 4) is 0 Å². The monoisotopic (exact) mass is 374 g/mol. The highest BCUT2D eigenvalue weighted by atomic mass is 16.5. The first-order valence-corrected chi connectivity index (χ1v) is 9.68. The molecular weight excluding hydrogens is 346 g/mol. The van der Waals surface area contributed by atoms with Crippen molar-refractivity contribution in [3.05, 3.63) is 35.9 Å². The molecule has 0 aliphatic carbocycles. The zero-order chi connectivity index (χ0) is 19.1. The van der Waals surface area contributed by atoms with E-state index in [0.717, 1.165) is 13.1 Å². The molecule has 2 fully saturated rings. The Labute approximate surface area is 159 Å². The Morgan fingerprint density at radius 2 is 1.48 bits per heavy atom. The van der Waals surface area contributed by atoms with Gasteiger partial charge in [0.05, 0.1) is 39.4 Å². The van der Waals surface area contributed by atoms with Crippen LogP contribution in [0, 0.1) is 0 Å². The smallest absolute Gasteiger partial charge is 0.277 e. The van der Waals surface area contributed by atoms with Crippen LogP contribution in [0.25, 0.3) is 0 Å². The van der Waals surface area contributed by atoms with E-state index in [-0.39, 0.29) is 30.4 Å². The number of ether oxygens (including phenoxy) is 1. The van der Waals surface area contributed by atoms with E-state index in [2.05, 4.69) is 0 Å². The van der Waals surface area contributed by atoms with Crippen LogP contribution in [0.4, 0.5) is 0 Å². The number of hydrogen-bond donors (Lipinski definition) is 1. The fourth-order valence-corrected chi connectivity index (χ4v) is 3.53. The van der Waals surface area contributed by atoms with Crippen LogP contribution in [-0.4, -0.2) is 86.4 Å². The molecule has 7 heteroatoms. The van der Waals surface area contributed by atoms with Crippen LogP contribution in [0.3, 0.4) is 0 Å². The Bertz CT molecular complexity index is 650. The topological polar surface area (TPSA) is 71.4 Å². The Morgan fingerprint density at radius 1 is 0.852 bits per heavy atom. The summed E-state index contributed by atoms with van der Waals surface area (Å²) >= 11 is 0. The molecule has 3 rings (SSSR count). The van der Waals surface area contributed by atoms with E-state index in [1.165, 1.54) is 4.90 Å². The van der Waals surface area contributed by atoms with Crippen molar-refractivity contribution in [2.24, 2.45) is 0 Å². The van der Waals surface area contributed by atoms with Gasteiger partial charge in [-0.05, 0) is 0 Å². The summed E-state index contributed by atoms with van der Waals surface area (Å²) in [6.07, 6.45) is 0.487. The summed E-state index contributed by atoms with van der Waals surface area (Å²) in [5, 5.41) is 0. The number of hydrogen-bond acceptors (Lipinski definition) is 4. The normalized spacial score (nSPS) is 18.4. The van der Waals surface area contributed by atoms with Crippen LogP contribution in [0.5, 0.6) is 0 Å². The lowest BCUT2D eigenvalue weighted by molar-refractivity contribution is -0.896. The summed E-state index contributed by atoms with van der Waals surface area (Å²) in [7, 11) is 0. The van der Waals surface area contributed by atoms with Gasteiger partial charge in [0.1, 0.15) is 0 Å². The Morgan fingerprint density at radius 3 is 2.15 bits per heavy atom. The highest BCUT2D eigenvalue weighted by Gasteiger charge is 2.27. The van der Waals surface area contributed by atoms with Gasteiger partial charge in [-0.2, -0.15) is 0 Å². The van der Waals surface area contributed by atoms with Crippen molar-refractivity contribution in [2.75, 3.05) is 59.0 Å². The van der Waals surface area contributed by atoms with Gasteiger partial charge in [0, 0.05) is 31.5 Å². The van der Waals surface area contributed by atoms with Gasteiger partial charge in [0.2, 0.25) is 5.91 Å². The Hall–Kier alpha value is -2.25. The van der Waals surface area contributed by atoms with E-state index in [1.54, 1.807) is 12.1 Å². The second kappa shape index (κ2) is 9.62. The lowest BCUT2D eigenvalue weighted by Crippen LogP contribution is -3.15. The Kier molecular flexibility index (Phi) is 6.95. The first kappa shape index (κ1) is 19.5. The maximum absolute atomic E-state index is 12.4. The van der Waals surface area contributed by atoms with E-state index in [4.69, 9.17) is 4.74 Å². The van der Waals surface area contributed by atoms with Crippen molar-refractivity contribution in [1.29, 1.82) is 0 Å². The predicted molar refractivity (Wildman–Crippen MR) is 99.5 cm³/mol. The number of carbonyl (C=O) groups excluding carboxylic acids is 3. The summed E-state index contributed by atoms with van der Waals surface area (Å²) < 4.78 is 5.28. The molecule has 0 radical (unpaired) electrons. The zero-order valence-electron chi connectivity index (χ0n) is 15.7. The van der Waals surface area contributed by atoms with Crippen LogP contribution in [0.2, 0.25) is 0 Å². The molecule has 0 saturated carbocycles. The summed E-state index contributed by atoms with van der Waals surface area (Å²) in [4.78, 5) is 41.7. The number of piperazine rings is 1. The lowest BCUT2D eigenvalue weighted by atomic mass is 10.1. The highest BCUT2D eigenvalue weighted by molar-refractivity contribution is 5.97. The third-order valence-corrected chi connectivity index (χ3v) is 5.25. The van der Waals surface area contributed by atoms with E-state index in [1.807, 2.05) is 28.0 Å². The molecule has 2 amide bonds. The van der Waals surface area contributed by atoms with Crippen LogP contribution in [0.1, 0.15) is 23.2 Å². The number of nitrogens with one attached hydrogen (secondary N) is 1. The molecule has 0 bridgehead atoms. The third-order valence-electron chi connectivity index (χ3n) is 5.25. The number of Topliss-reactive ketones (excluding diaryl/α,β-unsaturated/α-hetero) is 1. The predicted octanol–water partition coefficient (Wildman–Crippen LogP) is -0.765. The quantitative estimate of drug-likeness (QED) is 0.665.